The molecule has 96 valence electrons. The second kappa shape index (κ2) is 7.17. The number of rotatable bonds is 6. The summed E-state index contributed by atoms with van der Waals surface area (Å²) in [5.41, 5.74) is 1.35. The summed E-state index contributed by atoms with van der Waals surface area (Å²) in [6, 6.07) is 9.56. The molecule has 0 bridgehead atoms. The third-order valence-electron chi connectivity index (χ3n) is 3.36. The average Bonchev–Trinajstić information content (AvgIpc) is 2.29. The first kappa shape index (κ1) is 14.7. The Hall–Kier alpha value is -0.340. The summed E-state index contributed by atoms with van der Waals surface area (Å²) >= 11 is 3.47. The van der Waals surface area contributed by atoms with Crippen molar-refractivity contribution in [1.29, 1.82) is 0 Å². The third kappa shape index (κ3) is 5.22. The lowest BCUT2D eigenvalue weighted by Gasteiger charge is -2.22. The maximum Gasteiger partial charge on any atom is 0.0294 e. The van der Waals surface area contributed by atoms with Crippen LogP contribution in [0.1, 0.15) is 52.1 Å². The summed E-state index contributed by atoms with van der Waals surface area (Å²) in [5.74, 6) is 0.801. The monoisotopic (exact) mass is 297 g/mol. The molecule has 1 nitrogen and oxygen atoms in total. The zero-order valence-corrected chi connectivity index (χ0v) is 12.9. The lowest BCUT2D eigenvalue weighted by Crippen LogP contribution is -2.30. The fourth-order valence-electron chi connectivity index (χ4n) is 2.11. The van der Waals surface area contributed by atoms with Crippen molar-refractivity contribution in [1.82, 2.24) is 5.32 Å². The van der Waals surface area contributed by atoms with E-state index in [2.05, 4.69) is 73.2 Å². The van der Waals surface area contributed by atoms with Crippen molar-refractivity contribution in [3.8, 4) is 0 Å². The van der Waals surface area contributed by atoms with Gasteiger partial charge in [0, 0.05) is 16.6 Å². The Morgan fingerprint density at radius 3 is 2.24 bits per heavy atom. The van der Waals surface area contributed by atoms with E-state index in [-0.39, 0.29) is 0 Å². The van der Waals surface area contributed by atoms with Gasteiger partial charge in [0.15, 0.2) is 0 Å². The van der Waals surface area contributed by atoms with E-state index in [0.29, 0.717) is 12.1 Å². The zero-order valence-electron chi connectivity index (χ0n) is 11.3. The van der Waals surface area contributed by atoms with Gasteiger partial charge >= 0.3 is 0 Å². The zero-order chi connectivity index (χ0) is 12.8. The highest BCUT2D eigenvalue weighted by Gasteiger charge is 2.11. The summed E-state index contributed by atoms with van der Waals surface area (Å²) in [6.07, 6.45) is 2.51. The van der Waals surface area contributed by atoms with E-state index in [4.69, 9.17) is 0 Å². The van der Waals surface area contributed by atoms with E-state index in [1.165, 1.54) is 18.4 Å². The topological polar surface area (TPSA) is 12.0 Å². The fraction of sp³-hybridized carbons (Fsp3) is 0.600. The molecule has 0 amide bonds. The highest BCUT2D eigenvalue weighted by atomic mass is 79.9. The van der Waals surface area contributed by atoms with Crippen molar-refractivity contribution in [2.45, 2.75) is 52.6 Å². The van der Waals surface area contributed by atoms with Crippen molar-refractivity contribution < 1.29 is 0 Å². The first-order chi connectivity index (χ1) is 8.02. The Morgan fingerprint density at radius 1 is 1.12 bits per heavy atom. The number of benzene rings is 1. The Kier molecular flexibility index (Phi) is 6.21. The van der Waals surface area contributed by atoms with Gasteiger partial charge in [-0.1, -0.05) is 48.3 Å². The molecule has 0 aromatic heterocycles. The second-order valence-electron chi connectivity index (χ2n) is 5.09. The van der Waals surface area contributed by atoms with Crippen molar-refractivity contribution in [3.05, 3.63) is 34.3 Å². The van der Waals surface area contributed by atoms with E-state index in [9.17, 15) is 0 Å². The molecule has 0 radical (unpaired) electrons. The van der Waals surface area contributed by atoms with Crippen molar-refractivity contribution in [2.24, 2.45) is 5.92 Å². The SMILES string of the molecule is CCC(C)CC(C)NC(C)c1ccc(Br)cc1. The van der Waals surface area contributed by atoms with Crippen LogP contribution in [0.2, 0.25) is 0 Å². The molecule has 1 N–H and O–H groups in total. The first-order valence-corrected chi connectivity index (χ1v) is 7.33. The Bertz CT molecular complexity index is 320. The molecule has 1 aromatic carbocycles. The minimum Gasteiger partial charge on any atom is -0.308 e. The molecule has 1 rings (SSSR count). The lowest BCUT2D eigenvalue weighted by atomic mass is 9.99. The Balaban J connectivity index is 2.48. The Morgan fingerprint density at radius 2 is 1.71 bits per heavy atom. The summed E-state index contributed by atoms with van der Waals surface area (Å²) < 4.78 is 1.14. The van der Waals surface area contributed by atoms with Gasteiger partial charge in [-0.05, 0) is 43.9 Å². The van der Waals surface area contributed by atoms with Gasteiger partial charge in [-0.2, -0.15) is 0 Å². The number of nitrogens with one attached hydrogen (secondary N) is 1. The average molecular weight is 298 g/mol. The molecular weight excluding hydrogens is 274 g/mol. The van der Waals surface area contributed by atoms with E-state index in [1.54, 1.807) is 0 Å². The van der Waals surface area contributed by atoms with Crippen LogP contribution in [0.25, 0.3) is 0 Å². The van der Waals surface area contributed by atoms with Crippen molar-refractivity contribution in [2.75, 3.05) is 0 Å². The van der Waals surface area contributed by atoms with Crippen molar-refractivity contribution in [3.63, 3.8) is 0 Å². The predicted octanol–water partition coefficient (Wildman–Crippen LogP) is 4.92. The summed E-state index contributed by atoms with van der Waals surface area (Å²) in [5, 5.41) is 3.67. The molecule has 0 fully saturated rings. The van der Waals surface area contributed by atoms with Crippen LogP contribution in [0, 0.1) is 5.92 Å². The molecule has 0 aliphatic rings. The Labute approximate surface area is 114 Å². The van der Waals surface area contributed by atoms with Crippen LogP contribution >= 0.6 is 15.9 Å². The number of hydrogen-bond acceptors (Lipinski definition) is 1. The largest absolute Gasteiger partial charge is 0.308 e. The van der Waals surface area contributed by atoms with Crippen LogP contribution in [0.15, 0.2) is 28.7 Å². The minimum absolute atomic E-state index is 0.419. The van der Waals surface area contributed by atoms with Gasteiger partial charge in [-0.3, -0.25) is 0 Å². The number of halogens is 1. The minimum atomic E-state index is 0.419. The van der Waals surface area contributed by atoms with Gasteiger partial charge in [0.25, 0.3) is 0 Å². The first-order valence-electron chi connectivity index (χ1n) is 6.54. The van der Waals surface area contributed by atoms with E-state index >= 15 is 0 Å². The molecule has 3 unspecified atom stereocenters. The molecule has 0 saturated carbocycles. The van der Waals surface area contributed by atoms with Crippen molar-refractivity contribution >= 4 is 15.9 Å². The number of hydrogen-bond donors (Lipinski definition) is 1. The van der Waals surface area contributed by atoms with Crippen LogP contribution < -0.4 is 5.32 Å². The molecule has 0 aliphatic heterocycles. The molecule has 0 spiro atoms. The maximum atomic E-state index is 3.67. The van der Waals surface area contributed by atoms with Gasteiger partial charge in [0.2, 0.25) is 0 Å². The fourth-order valence-corrected chi connectivity index (χ4v) is 2.38. The smallest absolute Gasteiger partial charge is 0.0294 e. The highest BCUT2D eigenvalue weighted by Crippen LogP contribution is 2.18. The van der Waals surface area contributed by atoms with Gasteiger partial charge in [0.1, 0.15) is 0 Å². The summed E-state index contributed by atoms with van der Waals surface area (Å²) in [4.78, 5) is 0. The van der Waals surface area contributed by atoms with Crippen LogP contribution in [0.5, 0.6) is 0 Å². The molecule has 2 heteroatoms. The third-order valence-corrected chi connectivity index (χ3v) is 3.89. The quantitative estimate of drug-likeness (QED) is 0.785. The van der Waals surface area contributed by atoms with Crippen LogP contribution in [0.4, 0.5) is 0 Å². The maximum absolute atomic E-state index is 3.67. The summed E-state index contributed by atoms with van der Waals surface area (Å²) in [6.45, 7) is 9.09. The highest BCUT2D eigenvalue weighted by molar-refractivity contribution is 9.10. The van der Waals surface area contributed by atoms with E-state index in [1.807, 2.05) is 0 Å². The lowest BCUT2D eigenvalue weighted by molar-refractivity contribution is 0.385. The van der Waals surface area contributed by atoms with Crippen LogP contribution in [-0.2, 0) is 0 Å². The van der Waals surface area contributed by atoms with Gasteiger partial charge in [0.05, 0.1) is 0 Å². The molecule has 17 heavy (non-hydrogen) atoms. The van der Waals surface area contributed by atoms with Crippen LogP contribution in [-0.4, -0.2) is 6.04 Å². The summed E-state index contributed by atoms with van der Waals surface area (Å²) in [7, 11) is 0. The normalized spacial score (nSPS) is 16.5. The van der Waals surface area contributed by atoms with Crippen LogP contribution in [0.3, 0.4) is 0 Å². The molecular formula is C15H24BrN. The molecule has 0 saturated heterocycles. The molecule has 3 atom stereocenters. The van der Waals surface area contributed by atoms with Gasteiger partial charge in [-0.25, -0.2) is 0 Å². The van der Waals surface area contributed by atoms with Gasteiger partial charge < -0.3 is 5.32 Å². The van der Waals surface area contributed by atoms with E-state index in [0.717, 1.165) is 10.4 Å². The molecule has 1 aromatic rings. The van der Waals surface area contributed by atoms with Gasteiger partial charge in [-0.15, -0.1) is 0 Å². The molecule has 0 heterocycles. The standard InChI is InChI=1S/C15H24BrN/c1-5-11(2)10-12(3)17-13(4)14-6-8-15(16)9-7-14/h6-9,11-13,17H,5,10H2,1-4H3. The second-order valence-corrected chi connectivity index (χ2v) is 6.01. The molecule has 0 aliphatic carbocycles. The van der Waals surface area contributed by atoms with E-state index < -0.39 is 0 Å². The predicted molar refractivity (Wildman–Crippen MR) is 79.2 cm³/mol.